The Morgan fingerprint density at radius 3 is 2.26 bits per heavy atom. The van der Waals surface area contributed by atoms with Crippen molar-refractivity contribution in [3.63, 3.8) is 0 Å². The summed E-state index contributed by atoms with van der Waals surface area (Å²) in [5, 5.41) is 2.61. The number of hydrogen-bond donors (Lipinski definition) is 1. The number of rotatable bonds is 7. The van der Waals surface area contributed by atoms with E-state index in [0.29, 0.717) is 6.42 Å². The Morgan fingerprint density at radius 2 is 1.78 bits per heavy atom. The molecule has 0 radical (unpaired) electrons. The van der Waals surface area contributed by atoms with Crippen LogP contribution >= 0.6 is 0 Å². The lowest BCUT2D eigenvalue weighted by Crippen LogP contribution is -2.46. The van der Waals surface area contributed by atoms with Crippen LogP contribution in [0.1, 0.15) is 48.0 Å². The predicted molar refractivity (Wildman–Crippen MR) is 82.5 cm³/mol. The second kappa shape index (κ2) is 7.77. The summed E-state index contributed by atoms with van der Waals surface area (Å²) in [5.74, 6) is -1.37. The summed E-state index contributed by atoms with van der Waals surface area (Å²) in [6, 6.07) is -0.770. The lowest BCUT2D eigenvalue weighted by Gasteiger charge is -2.25. The van der Waals surface area contributed by atoms with E-state index in [1.807, 2.05) is 13.8 Å². The molecule has 1 saturated heterocycles. The van der Waals surface area contributed by atoms with Crippen LogP contribution < -0.4 is 5.32 Å². The van der Waals surface area contributed by atoms with Crippen LogP contribution in [0.3, 0.4) is 0 Å². The van der Waals surface area contributed by atoms with Gasteiger partial charge in [-0.15, -0.1) is 0 Å². The first-order chi connectivity index (χ1) is 10.5. The molecule has 1 aliphatic heterocycles. The predicted octanol–water partition coefficient (Wildman–Crippen LogP) is 1.19. The fourth-order valence-corrected chi connectivity index (χ4v) is 2.03. The zero-order valence-corrected chi connectivity index (χ0v) is 14.7. The molecule has 132 valence electrons. The normalized spacial score (nSPS) is 21.5. The van der Waals surface area contributed by atoms with Crippen molar-refractivity contribution in [1.82, 2.24) is 5.32 Å². The molecule has 1 fully saturated rings. The third kappa shape index (κ3) is 6.56. The smallest absolute Gasteiger partial charge is 0.338 e. The molecule has 1 amide bonds. The SMILES string of the molecule is CCOC(=O)[C@H]1O[C@@H]1C(=O)N[C@@H](CC(C)C)C(=O)OC(C)(C)C. The quantitative estimate of drug-likeness (QED) is 0.557. The van der Waals surface area contributed by atoms with Gasteiger partial charge in [0.1, 0.15) is 11.6 Å². The molecule has 3 atom stereocenters. The number of ether oxygens (including phenoxy) is 3. The van der Waals surface area contributed by atoms with Gasteiger partial charge in [0, 0.05) is 0 Å². The summed E-state index contributed by atoms with van der Waals surface area (Å²) >= 11 is 0. The van der Waals surface area contributed by atoms with Crippen LogP contribution in [0, 0.1) is 5.92 Å². The lowest BCUT2D eigenvalue weighted by molar-refractivity contribution is -0.159. The number of hydrogen-bond acceptors (Lipinski definition) is 6. The monoisotopic (exact) mass is 329 g/mol. The molecule has 1 N–H and O–H groups in total. The Hall–Kier alpha value is -1.63. The van der Waals surface area contributed by atoms with E-state index in [4.69, 9.17) is 14.2 Å². The van der Waals surface area contributed by atoms with Crippen LogP contribution in [0.5, 0.6) is 0 Å². The highest BCUT2D eigenvalue weighted by Crippen LogP contribution is 2.24. The number of carbonyl (C=O) groups excluding carboxylic acids is 3. The van der Waals surface area contributed by atoms with Gasteiger partial charge in [-0.1, -0.05) is 13.8 Å². The summed E-state index contributed by atoms with van der Waals surface area (Å²) in [5.41, 5.74) is -0.638. The van der Waals surface area contributed by atoms with Crippen molar-refractivity contribution in [3.8, 4) is 0 Å². The third-order valence-electron chi connectivity index (χ3n) is 2.98. The van der Waals surface area contributed by atoms with Crippen LogP contribution in [0.4, 0.5) is 0 Å². The number of epoxide rings is 1. The van der Waals surface area contributed by atoms with Crippen molar-refractivity contribution in [2.75, 3.05) is 6.61 Å². The maximum Gasteiger partial charge on any atom is 0.338 e. The van der Waals surface area contributed by atoms with Gasteiger partial charge in [0.05, 0.1) is 6.61 Å². The second-order valence-corrected chi connectivity index (χ2v) is 6.95. The van der Waals surface area contributed by atoms with E-state index in [-0.39, 0.29) is 12.5 Å². The molecule has 0 unspecified atom stereocenters. The molecule has 0 aromatic carbocycles. The Balaban J connectivity index is 2.62. The zero-order chi connectivity index (χ0) is 17.8. The molecule has 7 nitrogen and oxygen atoms in total. The highest BCUT2D eigenvalue weighted by Gasteiger charge is 2.52. The van der Waals surface area contributed by atoms with Crippen LogP contribution in [-0.2, 0) is 28.6 Å². The van der Waals surface area contributed by atoms with E-state index < -0.39 is 41.7 Å². The van der Waals surface area contributed by atoms with Crippen LogP contribution in [-0.4, -0.2) is 48.3 Å². The minimum atomic E-state index is -0.897. The van der Waals surface area contributed by atoms with E-state index in [2.05, 4.69) is 5.32 Å². The molecule has 0 saturated carbocycles. The number of esters is 2. The standard InChI is InChI=1S/C16H27NO6/c1-7-21-15(20)12-11(22-12)13(18)17-10(8-9(2)3)14(19)23-16(4,5)6/h9-12H,7-8H2,1-6H3,(H,17,18)/t10-,11-,12-/m0/s1. The maximum absolute atomic E-state index is 12.2. The molecule has 23 heavy (non-hydrogen) atoms. The largest absolute Gasteiger partial charge is 0.464 e. The fourth-order valence-electron chi connectivity index (χ4n) is 2.03. The molecule has 1 aliphatic rings. The first-order valence-corrected chi connectivity index (χ1v) is 7.90. The van der Waals surface area contributed by atoms with Gasteiger partial charge in [0.25, 0.3) is 5.91 Å². The first-order valence-electron chi connectivity index (χ1n) is 7.90. The highest BCUT2D eigenvalue weighted by atomic mass is 16.6. The topological polar surface area (TPSA) is 94.2 Å². The molecule has 1 heterocycles. The average molecular weight is 329 g/mol. The Labute approximate surface area is 137 Å². The summed E-state index contributed by atoms with van der Waals surface area (Å²) in [4.78, 5) is 35.8. The van der Waals surface area contributed by atoms with Crippen LogP contribution in [0.25, 0.3) is 0 Å². The lowest BCUT2D eigenvalue weighted by atomic mass is 10.0. The van der Waals surface area contributed by atoms with E-state index in [9.17, 15) is 14.4 Å². The minimum absolute atomic E-state index is 0.189. The van der Waals surface area contributed by atoms with Crippen molar-refractivity contribution in [2.24, 2.45) is 5.92 Å². The summed E-state index contributed by atoms with van der Waals surface area (Å²) in [6.07, 6.45) is -1.34. The Morgan fingerprint density at radius 1 is 1.17 bits per heavy atom. The molecular formula is C16H27NO6. The van der Waals surface area contributed by atoms with Crippen molar-refractivity contribution >= 4 is 17.8 Å². The summed E-state index contributed by atoms with van der Waals surface area (Å²) in [6.45, 7) is 11.1. The van der Waals surface area contributed by atoms with Crippen molar-refractivity contribution in [1.29, 1.82) is 0 Å². The zero-order valence-electron chi connectivity index (χ0n) is 14.7. The maximum atomic E-state index is 12.2. The number of carbonyl (C=O) groups is 3. The summed E-state index contributed by atoms with van der Waals surface area (Å²) < 4.78 is 15.2. The van der Waals surface area contributed by atoms with Crippen molar-refractivity contribution in [3.05, 3.63) is 0 Å². The first kappa shape index (κ1) is 19.4. The van der Waals surface area contributed by atoms with E-state index in [1.54, 1.807) is 27.7 Å². The van der Waals surface area contributed by atoms with Gasteiger partial charge in [0.2, 0.25) is 0 Å². The summed E-state index contributed by atoms with van der Waals surface area (Å²) in [7, 11) is 0. The molecular weight excluding hydrogens is 302 g/mol. The van der Waals surface area contributed by atoms with Gasteiger partial charge in [0.15, 0.2) is 12.2 Å². The van der Waals surface area contributed by atoms with Gasteiger partial charge >= 0.3 is 11.9 Å². The van der Waals surface area contributed by atoms with E-state index in [0.717, 1.165) is 0 Å². The van der Waals surface area contributed by atoms with Crippen molar-refractivity contribution in [2.45, 2.75) is 71.8 Å². The van der Waals surface area contributed by atoms with E-state index in [1.165, 1.54) is 0 Å². The van der Waals surface area contributed by atoms with Gasteiger partial charge in [-0.25, -0.2) is 9.59 Å². The molecule has 1 rings (SSSR count). The van der Waals surface area contributed by atoms with Gasteiger partial charge in [-0.3, -0.25) is 4.79 Å². The molecule has 7 heteroatoms. The van der Waals surface area contributed by atoms with Crippen LogP contribution in [0.2, 0.25) is 0 Å². The van der Waals surface area contributed by atoms with E-state index >= 15 is 0 Å². The second-order valence-electron chi connectivity index (χ2n) is 6.95. The molecule has 0 aromatic heterocycles. The Bertz CT molecular complexity index is 454. The van der Waals surface area contributed by atoms with Crippen LogP contribution in [0.15, 0.2) is 0 Å². The molecule has 0 bridgehead atoms. The van der Waals surface area contributed by atoms with Gasteiger partial charge in [-0.05, 0) is 40.0 Å². The van der Waals surface area contributed by atoms with Crippen molar-refractivity contribution < 1.29 is 28.6 Å². The third-order valence-corrected chi connectivity index (χ3v) is 2.98. The minimum Gasteiger partial charge on any atom is -0.464 e. The Kier molecular flexibility index (Phi) is 6.56. The van der Waals surface area contributed by atoms with Gasteiger partial charge < -0.3 is 19.5 Å². The molecule has 0 aromatic rings. The highest BCUT2D eigenvalue weighted by molar-refractivity contribution is 5.94. The number of nitrogens with one attached hydrogen (secondary N) is 1. The molecule has 0 spiro atoms. The fraction of sp³-hybridized carbons (Fsp3) is 0.812. The number of amides is 1. The average Bonchev–Trinajstić information content (AvgIpc) is 3.15. The molecule has 0 aliphatic carbocycles. The van der Waals surface area contributed by atoms with Gasteiger partial charge in [-0.2, -0.15) is 0 Å².